The number of phenolic OH excluding ortho intramolecular Hbond substituents is 1. The zero-order valence-electron chi connectivity index (χ0n) is 28.4. The van der Waals surface area contributed by atoms with Crippen LogP contribution in [0.2, 0.25) is 5.02 Å². The lowest BCUT2D eigenvalue weighted by Gasteiger charge is -2.50. The topological polar surface area (TPSA) is 116 Å². The molecule has 11 heteroatoms. The zero-order chi connectivity index (χ0) is 36.5. The summed E-state index contributed by atoms with van der Waals surface area (Å²) >= 11 is 6.36. The minimum absolute atomic E-state index is 0.0741. The summed E-state index contributed by atoms with van der Waals surface area (Å²) in [5.41, 5.74) is 4.67. The van der Waals surface area contributed by atoms with Crippen LogP contribution in [-0.2, 0) is 31.0 Å². The van der Waals surface area contributed by atoms with Gasteiger partial charge in [0, 0.05) is 16.5 Å². The Morgan fingerprint density at radius 2 is 1.62 bits per heavy atom. The first-order valence-electron chi connectivity index (χ1n) is 17.3. The minimum Gasteiger partial charge on any atom is -0.508 e. The number of hydrogen-bond acceptors (Lipinski definition) is 7. The summed E-state index contributed by atoms with van der Waals surface area (Å²) in [6, 6.07) is 24.1. The van der Waals surface area contributed by atoms with Gasteiger partial charge in [0.25, 0.3) is 11.8 Å². The lowest BCUT2D eigenvalue weighted by atomic mass is 9.49. The normalized spacial score (nSPS) is 26.5. The second-order valence-electron chi connectivity index (χ2n) is 13.8. The predicted molar refractivity (Wildman–Crippen MR) is 192 cm³/mol. The number of hydrogen-bond donors (Lipinski definition) is 2. The molecular weight excluding hydrogens is 685 g/mol. The summed E-state index contributed by atoms with van der Waals surface area (Å²) in [7, 11) is 1.49. The molecule has 2 aliphatic carbocycles. The molecule has 2 aliphatic heterocycles. The number of benzene rings is 4. The van der Waals surface area contributed by atoms with Gasteiger partial charge in [-0.05, 0) is 103 Å². The number of aromatic hydroxyl groups is 1. The number of phenols is 1. The van der Waals surface area contributed by atoms with Crippen LogP contribution in [-0.4, -0.2) is 40.9 Å². The van der Waals surface area contributed by atoms with Crippen molar-refractivity contribution >= 4 is 46.6 Å². The summed E-state index contributed by atoms with van der Waals surface area (Å²) in [6.07, 6.45) is 3.03. The monoisotopic (exact) mass is 719 g/mol. The van der Waals surface area contributed by atoms with Crippen LogP contribution in [0.4, 0.5) is 15.8 Å². The second kappa shape index (κ2) is 12.6. The molecule has 52 heavy (non-hydrogen) atoms. The number of amides is 4. The molecule has 8 rings (SSSR count). The maximum Gasteiger partial charge on any atom is 0.260 e. The maximum absolute atomic E-state index is 15.3. The number of carbonyl (C=O) groups excluding carboxylic acids is 4. The van der Waals surface area contributed by atoms with Crippen molar-refractivity contribution in [3.05, 3.63) is 130 Å². The first-order valence-corrected chi connectivity index (χ1v) is 17.7. The van der Waals surface area contributed by atoms with Crippen molar-refractivity contribution in [1.82, 2.24) is 5.01 Å². The Balaban J connectivity index is 1.33. The van der Waals surface area contributed by atoms with E-state index in [2.05, 4.69) is 5.43 Å². The van der Waals surface area contributed by atoms with Crippen molar-refractivity contribution in [2.75, 3.05) is 17.4 Å². The van der Waals surface area contributed by atoms with Gasteiger partial charge in [-0.1, -0.05) is 54.4 Å². The highest BCUT2D eigenvalue weighted by molar-refractivity contribution is 6.30. The van der Waals surface area contributed by atoms with Crippen LogP contribution < -0.4 is 15.1 Å². The molecule has 4 aliphatic rings. The number of nitrogens with zero attached hydrogens (tertiary/aromatic N) is 2. The number of halogens is 2. The molecule has 0 radical (unpaired) electrons. The first-order chi connectivity index (χ1) is 25.1. The highest BCUT2D eigenvalue weighted by Crippen LogP contribution is 2.65. The molecule has 0 bridgehead atoms. The van der Waals surface area contributed by atoms with E-state index in [9.17, 15) is 23.9 Å². The Morgan fingerprint density at radius 3 is 2.29 bits per heavy atom. The molecular formula is C41H35ClFN3O6. The molecule has 2 N–H and O–H groups in total. The quantitative estimate of drug-likeness (QED) is 0.157. The van der Waals surface area contributed by atoms with Gasteiger partial charge < -0.3 is 9.84 Å². The van der Waals surface area contributed by atoms with E-state index in [1.807, 2.05) is 25.1 Å². The average molecular weight is 720 g/mol. The van der Waals surface area contributed by atoms with Gasteiger partial charge in [0.15, 0.2) is 0 Å². The molecule has 0 aromatic heterocycles. The highest BCUT2D eigenvalue weighted by Gasteiger charge is 2.70. The van der Waals surface area contributed by atoms with E-state index in [0.29, 0.717) is 38.8 Å². The lowest BCUT2D eigenvalue weighted by Crippen LogP contribution is -2.53. The van der Waals surface area contributed by atoms with Crippen molar-refractivity contribution in [1.29, 1.82) is 0 Å². The van der Waals surface area contributed by atoms with E-state index in [0.717, 1.165) is 17.0 Å². The van der Waals surface area contributed by atoms with Gasteiger partial charge in [-0.25, -0.2) is 4.39 Å². The lowest BCUT2D eigenvalue weighted by molar-refractivity contribution is -0.138. The summed E-state index contributed by atoms with van der Waals surface area (Å²) < 4.78 is 19.5. The van der Waals surface area contributed by atoms with E-state index < -0.39 is 52.6 Å². The number of fused-ring (bicyclic) bond motifs is 4. The third kappa shape index (κ3) is 4.95. The van der Waals surface area contributed by atoms with Crippen LogP contribution in [0.25, 0.3) is 0 Å². The van der Waals surface area contributed by atoms with Gasteiger partial charge in [-0.3, -0.25) is 29.5 Å². The Morgan fingerprint density at radius 1 is 0.904 bits per heavy atom. The van der Waals surface area contributed by atoms with Crippen LogP contribution in [0.5, 0.6) is 11.5 Å². The summed E-state index contributed by atoms with van der Waals surface area (Å²) in [5.74, 6) is -6.13. The number of aryl methyl sites for hydroxylation is 1. The number of allylic oxidation sites excluding steroid dienone is 2. The molecule has 0 spiro atoms. The third-order valence-electron chi connectivity index (χ3n) is 11.4. The smallest absolute Gasteiger partial charge is 0.260 e. The number of rotatable bonds is 7. The first kappa shape index (κ1) is 33.7. The Hall–Kier alpha value is -5.48. The largest absolute Gasteiger partial charge is 0.508 e. The fourth-order valence-electron chi connectivity index (χ4n) is 9.03. The van der Waals surface area contributed by atoms with E-state index in [-0.39, 0.29) is 30.4 Å². The van der Waals surface area contributed by atoms with Crippen molar-refractivity contribution in [3.8, 4) is 11.5 Å². The van der Waals surface area contributed by atoms with Crippen LogP contribution in [0, 0.1) is 29.5 Å². The molecule has 4 aromatic rings. The number of hydrazine groups is 1. The SMILES string of the molecule is CCc1ccc(N2C(=O)C3CC=C4C(CC5C(=O)N(Nc6ccc(F)cc6)C(=O)C5(c5ccc(Cl)cc5)C4c4cc(OC)ccc4O)C3C2=O)cc1. The van der Waals surface area contributed by atoms with Crippen LogP contribution in [0.1, 0.15) is 42.4 Å². The van der Waals surface area contributed by atoms with Gasteiger partial charge in [-0.15, -0.1) is 0 Å². The number of nitrogens with one attached hydrogen (secondary N) is 1. The molecule has 6 atom stereocenters. The summed E-state index contributed by atoms with van der Waals surface area (Å²) in [4.78, 5) is 59.9. The van der Waals surface area contributed by atoms with Crippen molar-refractivity contribution in [2.45, 2.75) is 37.5 Å². The minimum atomic E-state index is -1.63. The summed E-state index contributed by atoms with van der Waals surface area (Å²) in [6.45, 7) is 2.03. The molecule has 1 saturated carbocycles. The molecule has 4 aromatic carbocycles. The van der Waals surface area contributed by atoms with Gasteiger partial charge in [-0.2, -0.15) is 5.01 Å². The van der Waals surface area contributed by atoms with E-state index in [1.54, 1.807) is 48.5 Å². The molecule has 6 unspecified atom stereocenters. The van der Waals surface area contributed by atoms with Gasteiger partial charge in [0.1, 0.15) is 17.3 Å². The van der Waals surface area contributed by atoms with Crippen molar-refractivity contribution in [2.24, 2.45) is 23.7 Å². The molecule has 3 fully saturated rings. The maximum atomic E-state index is 15.3. The molecule has 2 heterocycles. The number of carbonyl (C=O) groups is 4. The Kier molecular flexibility index (Phi) is 8.17. The summed E-state index contributed by atoms with van der Waals surface area (Å²) in [5, 5.41) is 13.0. The third-order valence-corrected chi connectivity index (χ3v) is 11.7. The van der Waals surface area contributed by atoms with Gasteiger partial charge in [0.2, 0.25) is 11.8 Å². The highest BCUT2D eigenvalue weighted by atomic mass is 35.5. The second-order valence-corrected chi connectivity index (χ2v) is 14.3. The van der Waals surface area contributed by atoms with Crippen molar-refractivity contribution < 1.29 is 33.4 Å². The van der Waals surface area contributed by atoms with Crippen molar-refractivity contribution in [3.63, 3.8) is 0 Å². The van der Waals surface area contributed by atoms with Gasteiger partial charge >= 0.3 is 0 Å². The Bertz CT molecular complexity index is 2150. The van der Waals surface area contributed by atoms with E-state index >= 15 is 4.79 Å². The fraction of sp³-hybridized carbons (Fsp3) is 0.268. The fourth-order valence-corrected chi connectivity index (χ4v) is 9.15. The molecule has 9 nitrogen and oxygen atoms in total. The van der Waals surface area contributed by atoms with E-state index in [4.69, 9.17) is 16.3 Å². The molecule has 2 saturated heterocycles. The molecule has 264 valence electrons. The molecule has 4 amide bonds. The Labute approximate surface area is 304 Å². The van der Waals surface area contributed by atoms with Crippen LogP contribution in [0.3, 0.4) is 0 Å². The van der Waals surface area contributed by atoms with Crippen LogP contribution in [0.15, 0.2) is 103 Å². The predicted octanol–water partition coefficient (Wildman–Crippen LogP) is 6.95. The number of anilines is 2. The number of imide groups is 2. The number of ether oxygens (including phenoxy) is 1. The zero-order valence-corrected chi connectivity index (χ0v) is 29.1. The van der Waals surface area contributed by atoms with E-state index in [1.165, 1.54) is 42.3 Å². The van der Waals surface area contributed by atoms with Gasteiger partial charge in [0.05, 0.1) is 41.7 Å². The standard InChI is InChI=1S/C41H35ClFN3O6/c1-3-22-4-14-27(15-5-22)45-37(48)30-18-17-29-31(35(30)39(45)50)21-33-38(49)46(44-26-12-10-25(43)11-13-26)40(51)41(33,23-6-8-24(42)9-7-23)36(29)32-20-28(52-2)16-19-34(32)47/h4-17,19-20,30-31,33,35-36,44,47H,3,18,21H2,1-2H3. The van der Waals surface area contributed by atoms with Crippen LogP contribution >= 0.6 is 11.6 Å². The number of methoxy groups -OCH3 is 1. The average Bonchev–Trinajstić information content (AvgIpc) is 3.53.